The molecule has 3 rings (SSSR count). The fourth-order valence-corrected chi connectivity index (χ4v) is 2.23. The van der Waals surface area contributed by atoms with Gasteiger partial charge in [0, 0.05) is 5.56 Å². The van der Waals surface area contributed by atoms with Crippen molar-refractivity contribution in [2.24, 2.45) is 0 Å². The van der Waals surface area contributed by atoms with E-state index < -0.39 is 5.97 Å². The monoisotopic (exact) mass is 312 g/mol. The third-order valence-corrected chi connectivity index (χ3v) is 3.41. The lowest BCUT2D eigenvalue weighted by atomic mass is 10.1. The van der Waals surface area contributed by atoms with Crippen molar-refractivity contribution in [2.75, 3.05) is 0 Å². The van der Waals surface area contributed by atoms with Gasteiger partial charge >= 0.3 is 5.97 Å². The fourth-order valence-electron chi connectivity index (χ4n) is 2.23. The molecule has 0 N–H and O–H groups in total. The van der Waals surface area contributed by atoms with Crippen LogP contribution in [-0.4, -0.2) is 16.1 Å². The molecule has 6 heteroatoms. The molecular formula is C17H16N2O4. The Morgan fingerprint density at radius 1 is 1.26 bits per heavy atom. The fraction of sp³-hybridized carbons (Fsp3) is 0.235. The minimum Gasteiger partial charge on any atom is -0.452 e. The predicted octanol–water partition coefficient (Wildman–Crippen LogP) is 3.56. The highest BCUT2D eigenvalue weighted by Crippen LogP contribution is 2.21. The molecule has 118 valence electrons. The second-order valence-electron chi connectivity index (χ2n) is 4.97. The first-order valence-electron chi connectivity index (χ1n) is 7.31. The zero-order valence-electron chi connectivity index (χ0n) is 12.9. The van der Waals surface area contributed by atoms with E-state index in [9.17, 15) is 4.79 Å². The van der Waals surface area contributed by atoms with Crippen molar-refractivity contribution in [3.8, 4) is 11.3 Å². The Morgan fingerprint density at radius 2 is 2.04 bits per heavy atom. The largest absolute Gasteiger partial charge is 0.452 e. The summed E-state index contributed by atoms with van der Waals surface area (Å²) in [6.45, 7) is 3.54. The van der Waals surface area contributed by atoms with Gasteiger partial charge in [-0.2, -0.15) is 0 Å². The zero-order valence-corrected chi connectivity index (χ0v) is 12.9. The summed E-state index contributed by atoms with van der Waals surface area (Å²) in [4.78, 5) is 16.3. The predicted molar refractivity (Wildman–Crippen MR) is 81.7 cm³/mol. The highest BCUT2D eigenvalue weighted by atomic mass is 16.5. The Morgan fingerprint density at radius 3 is 2.78 bits per heavy atom. The summed E-state index contributed by atoms with van der Waals surface area (Å²) in [7, 11) is 0. The molecule has 0 atom stereocenters. The molecule has 2 aromatic heterocycles. The minimum absolute atomic E-state index is 0.0422. The molecular weight excluding hydrogens is 296 g/mol. The second-order valence-corrected chi connectivity index (χ2v) is 4.97. The number of hydrogen-bond acceptors (Lipinski definition) is 6. The third kappa shape index (κ3) is 3.15. The topological polar surface area (TPSA) is 78.4 Å². The Kier molecular flexibility index (Phi) is 4.23. The summed E-state index contributed by atoms with van der Waals surface area (Å²) in [5.74, 6) is 0.931. The van der Waals surface area contributed by atoms with Crippen LogP contribution in [-0.2, 0) is 17.8 Å². The van der Waals surface area contributed by atoms with Crippen molar-refractivity contribution in [1.29, 1.82) is 0 Å². The number of oxazole rings is 1. The summed E-state index contributed by atoms with van der Waals surface area (Å²) >= 11 is 0. The van der Waals surface area contributed by atoms with Gasteiger partial charge in [0.05, 0.1) is 11.9 Å². The molecule has 0 aliphatic heterocycles. The lowest BCUT2D eigenvalue weighted by Crippen LogP contribution is -2.08. The molecule has 0 aliphatic rings. The molecule has 0 fully saturated rings. The number of carbonyl (C=O) groups excluding carboxylic acids is 1. The van der Waals surface area contributed by atoms with Crippen molar-refractivity contribution in [1.82, 2.24) is 10.1 Å². The van der Waals surface area contributed by atoms with E-state index >= 15 is 0 Å². The standard InChI is InChI=1S/C17H16N2O4/c1-3-13-16(11(2)23-19-13)17(20)21-10-15-18-9-14(22-15)12-7-5-4-6-8-12/h4-9H,3,10H2,1-2H3. The molecule has 23 heavy (non-hydrogen) atoms. The van der Waals surface area contributed by atoms with Crippen LogP contribution in [0.25, 0.3) is 11.3 Å². The van der Waals surface area contributed by atoms with Crippen LogP contribution in [0.3, 0.4) is 0 Å². The van der Waals surface area contributed by atoms with Crippen molar-refractivity contribution >= 4 is 5.97 Å². The van der Waals surface area contributed by atoms with Crippen molar-refractivity contribution < 1.29 is 18.5 Å². The zero-order chi connectivity index (χ0) is 16.2. The van der Waals surface area contributed by atoms with Crippen LogP contribution in [0.4, 0.5) is 0 Å². The number of benzene rings is 1. The number of hydrogen-bond donors (Lipinski definition) is 0. The summed E-state index contributed by atoms with van der Waals surface area (Å²) in [5, 5.41) is 3.84. The van der Waals surface area contributed by atoms with Gasteiger partial charge in [0.25, 0.3) is 0 Å². The number of ether oxygens (including phenoxy) is 1. The SMILES string of the molecule is CCc1noc(C)c1C(=O)OCc1ncc(-c2ccccc2)o1. The van der Waals surface area contributed by atoms with Gasteiger partial charge in [-0.25, -0.2) is 9.78 Å². The first-order valence-corrected chi connectivity index (χ1v) is 7.31. The lowest BCUT2D eigenvalue weighted by Gasteiger charge is -2.02. The highest BCUT2D eigenvalue weighted by molar-refractivity contribution is 5.91. The van der Waals surface area contributed by atoms with Crippen LogP contribution in [0.2, 0.25) is 0 Å². The average molecular weight is 312 g/mol. The Balaban J connectivity index is 1.68. The maximum absolute atomic E-state index is 12.2. The van der Waals surface area contributed by atoms with E-state index in [-0.39, 0.29) is 6.61 Å². The summed E-state index contributed by atoms with van der Waals surface area (Å²) < 4.78 is 15.9. The highest BCUT2D eigenvalue weighted by Gasteiger charge is 2.21. The van der Waals surface area contributed by atoms with Crippen LogP contribution in [0, 0.1) is 6.92 Å². The molecule has 3 aromatic rings. The van der Waals surface area contributed by atoms with Crippen LogP contribution >= 0.6 is 0 Å². The van der Waals surface area contributed by atoms with Gasteiger partial charge in [0.15, 0.2) is 12.4 Å². The van der Waals surface area contributed by atoms with E-state index in [2.05, 4.69) is 10.1 Å². The Labute approximate surface area is 133 Å². The molecule has 0 aliphatic carbocycles. The van der Waals surface area contributed by atoms with E-state index in [0.717, 1.165) is 5.56 Å². The quantitative estimate of drug-likeness (QED) is 0.670. The molecule has 0 saturated carbocycles. The lowest BCUT2D eigenvalue weighted by molar-refractivity contribution is 0.0436. The van der Waals surface area contributed by atoms with Gasteiger partial charge in [0.2, 0.25) is 5.89 Å². The molecule has 1 aromatic carbocycles. The normalized spacial score (nSPS) is 10.7. The third-order valence-electron chi connectivity index (χ3n) is 3.41. The molecule has 2 heterocycles. The number of carbonyl (C=O) groups is 1. The minimum atomic E-state index is -0.486. The summed E-state index contributed by atoms with van der Waals surface area (Å²) in [5.41, 5.74) is 1.88. The van der Waals surface area contributed by atoms with Crippen LogP contribution in [0.15, 0.2) is 45.5 Å². The summed E-state index contributed by atoms with van der Waals surface area (Å²) in [6, 6.07) is 9.60. The van der Waals surface area contributed by atoms with Crippen LogP contribution in [0.1, 0.15) is 34.6 Å². The smallest absolute Gasteiger partial charge is 0.344 e. The molecule has 0 bridgehead atoms. The molecule has 6 nitrogen and oxygen atoms in total. The van der Waals surface area contributed by atoms with Gasteiger partial charge in [0.1, 0.15) is 11.3 Å². The number of rotatable bonds is 5. The van der Waals surface area contributed by atoms with E-state index in [0.29, 0.717) is 35.1 Å². The number of nitrogens with zero attached hydrogens (tertiary/aromatic N) is 2. The first-order chi connectivity index (χ1) is 11.2. The maximum atomic E-state index is 12.2. The molecule has 0 spiro atoms. The molecule has 0 saturated heterocycles. The van der Waals surface area contributed by atoms with E-state index in [1.807, 2.05) is 37.3 Å². The first kappa shape index (κ1) is 15.0. The van der Waals surface area contributed by atoms with Gasteiger partial charge in [-0.1, -0.05) is 42.4 Å². The van der Waals surface area contributed by atoms with Gasteiger partial charge in [-0.05, 0) is 13.3 Å². The Bertz CT molecular complexity index is 805. The molecule has 0 unspecified atom stereocenters. The van der Waals surface area contributed by atoms with Crippen molar-refractivity contribution in [2.45, 2.75) is 26.9 Å². The molecule has 0 amide bonds. The second kappa shape index (κ2) is 6.48. The summed E-state index contributed by atoms with van der Waals surface area (Å²) in [6.07, 6.45) is 2.21. The van der Waals surface area contributed by atoms with Crippen LogP contribution in [0.5, 0.6) is 0 Å². The number of aromatic nitrogens is 2. The van der Waals surface area contributed by atoms with Crippen molar-refractivity contribution in [3.63, 3.8) is 0 Å². The van der Waals surface area contributed by atoms with E-state index in [1.165, 1.54) is 0 Å². The number of esters is 1. The average Bonchev–Trinajstić information content (AvgIpc) is 3.20. The molecule has 0 radical (unpaired) electrons. The van der Waals surface area contributed by atoms with E-state index in [4.69, 9.17) is 13.7 Å². The van der Waals surface area contributed by atoms with Gasteiger partial charge in [-0.15, -0.1) is 0 Å². The van der Waals surface area contributed by atoms with Crippen LogP contribution < -0.4 is 0 Å². The Hall–Kier alpha value is -2.89. The van der Waals surface area contributed by atoms with Gasteiger partial charge in [-0.3, -0.25) is 0 Å². The van der Waals surface area contributed by atoms with Crippen molar-refractivity contribution in [3.05, 3.63) is 59.4 Å². The maximum Gasteiger partial charge on any atom is 0.344 e. The van der Waals surface area contributed by atoms with E-state index in [1.54, 1.807) is 13.1 Å². The van der Waals surface area contributed by atoms with Gasteiger partial charge < -0.3 is 13.7 Å². The number of aryl methyl sites for hydroxylation is 2.